The highest BCUT2D eigenvalue weighted by molar-refractivity contribution is 4.72. The summed E-state index contributed by atoms with van der Waals surface area (Å²) in [7, 11) is 0. The van der Waals surface area contributed by atoms with Crippen molar-refractivity contribution in [1.29, 1.82) is 0 Å². The molecule has 0 N–H and O–H groups in total. The van der Waals surface area contributed by atoms with Crippen molar-refractivity contribution < 1.29 is 19.6 Å². The van der Waals surface area contributed by atoms with Crippen molar-refractivity contribution >= 4 is 0 Å². The number of hydrogen-bond acceptors (Lipinski definition) is 4. The lowest BCUT2D eigenvalue weighted by Crippen LogP contribution is -2.29. The van der Waals surface area contributed by atoms with Crippen LogP contribution in [0.3, 0.4) is 0 Å². The van der Waals surface area contributed by atoms with Gasteiger partial charge in [-0.2, -0.15) is 0 Å². The van der Waals surface area contributed by atoms with Gasteiger partial charge in [0.2, 0.25) is 0 Å². The maximum atomic E-state index is 5.48. The molecule has 0 radical (unpaired) electrons. The molecule has 0 saturated heterocycles. The van der Waals surface area contributed by atoms with E-state index in [0.717, 1.165) is 0 Å². The van der Waals surface area contributed by atoms with Gasteiger partial charge in [0.25, 0.3) is 0 Å². The molecule has 0 amide bonds. The summed E-state index contributed by atoms with van der Waals surface area (Å²) in [6.07, 6.45) is 4.95. The Labute approximate surface area is 150 Å². The highest BCUT2D eigenvalue weighted by atomic mass is 17.2. The Bertz CT molecular complexity index is 278. The Hall–Kier alpha value is -0.160. The predicted octanol–water partition coefficient (Wildman–Crippen LogP) is 5.95. The highest BCUT2D eigenvalue weighted by Gasteiger charge is 2.26. The molecule has 0 spiro atoms. The Balaban J connectivity index is 4.46. The lowest BCUT2D eigenvalue weighted by atomic mass is 9.80. The zero-order chi connectivity index (χ0) is 18.8. The molecule has 2 atom stereocenters. The van der Waals surface area contributed by atoms with Gasteiger partial charge in [0.05, 0.1) is 24.4 Å². The molecular formula is C20H42O4. The molecule has 146 valence electrons. The first-order chi connectivity index (χ1) is 11.0. The van der Waals surface area contributed by atoms with Crippen LogP contribution >= 0.6 is 0 Å². The first-order valence-corrected chi connectivity index (χ1v) is 9.57. The molecule has 0 aliphatic heterocycles. The molecule has 0 aromatic rings. The molecule has 0 bridgehead atoms. The van der Waals surface area contributed by atoms with Gasteiger partial charge in [0, 0.05) is 0 Å². The first kappa shape index (κ1) is 23.8. The minimum Gasteiger partial charge on any atom is -0.236 e. The second-order valence-corrected chi connectivity index (χ2v) is 9.07. The van der Waals surface area contributed by atoms with Crippen molar-refractivity contribution in [3.8, 4) is 0 Å². The van der Waals surface area contributed by atoms with Crippen LogP contribution in [0.25, 0.3) is 0 Å². The van der Waals surface area contributed by atoms with Gasteiger partial charge in [-0.15, -0.1) is 0 Å². The van der Waals surface area contributed by atoms with Crippen LogP contribution in [-0.2, 0) is 19.6 Å². The van der Waals surface area contributed by atoms with E-state index in [1.807, 2.05) is 41.5 Å². The van der Waals surface area contributed by atoms with E-state index in [0.29, 0.717) is 31.0 Å². The molecule has 0 aliphatic carbocycles. The van der Waals surface area contributed by atoms with E-state index in [2.05, 4.69) is 20.8 Å². The first-order valence-electron chi connectivity index (χ1n) is 9.57. The van der Waals surface area contributed by atoms with Crippen molar-refractivity contribution in [1.82, 2.24) is 0 Å². The van der Waals surface area contributed by atoms with E-state index in [1.54, 1.807) is 0 Å². The zero-order valence-corrected chi connectivity index (χ0v) is 17.6. The largest absolute Gasteiger partial charge is 0.236 e. The molecule has 0 heterocycles. The predicted molar refractivity (Wildman–Crippen MR) is 99.5 cm³/mol. The standard InChI is InChI=1S/C20H42O4/c1-10-11-12-13-18(16(2)14-21-23-19(4,5)6)17(3)15-22-24-20(7,8)9/h16-18H,10-15H2,1-9H3. The van der Waals surface area contributed by atoms with Crippen LogP contribution in [0, 0.1) is 17.8 Å². The lowest BCUT2D eigenvalue weighted by Gasteiger charge is -2.30. The second kappa shape index (κ2) is 11.5. The van der Waals surface area contributed by atoms with Gasteiger partial charge in [-0.3, -0.25) is 0 Å². The number of unbranched alkanes of at least 4 members (excludes halogenated alkanes) is 2. The molecule has 2 unspecified atom stereocenters. The lowest BCUT2D eigenvalue weighted by molar-refractivity contribution is -0.360. The third-order valence-corrected chi connectivity index (χ3v) is 3.88. The van der Waals surface area contributed by atoms with Gasteiger partial charge in [-0.1, -0.05) is 40.0 Å². The van der Waals surface area contributed by atoms with Crippen molar-refractivity contribution in [2.45, 2.75) is 99.2 Å². The Kier molecular flexibility index (Phi) is 11.4. The Morgan fingerprint density at radius 2 is 1.12 bits per heavy atom. The highest BCUT2D eigenvalue weighted by Crippen LogP contribution is 2.28. The molecule has 0 aromatic heterocycles. The summed E-state index contributed by atoms with van der Waals surface area (Å²) in [5.74, 6) is 1.36. The molecule has 24 heavy (non-hydrogen) atoms. The van der Waals surface area contributed by atoms with Crippen molar-refractivity contribution in [2.75, 3.05) is 13.2 Å². The van der Waals surface area contributed by atoms with Crippen LogP contribution < -0.4 is 0 Å². The topological polar surface area (TPSA) is 36.9 Å². The van der Waals surface area contributed by atoms with Gasteiger partial charge in [-0.25, -0.2) is 19.6 Å². The fourth-order valence-electron chi connectivity index (χ4n) is 2.64. The van der Waals surface area contributed by atoms with E-state index < -0.39 is 0 Å². The van der Waals surface area contributed by atoms with Crippen LogP contribution in [0.4, 0.5) is 0 Å². The van der Waals surface area contributed by atoms with E-state index in [1.165, 1.54) is 25.7 Å². The fourth-order valence-corrected chi connectivity index (χ4v) is 2.64. The zero-order valence-electron chi connectivity index (χ0n) is 17.6. The van der Waals surface area contributed by atoms with E-state index in [9.17, 15) is 0 Å². The Morgan fingerprint density at radius 1 is 0.708 bits per heavy atom. The quantitative estimate of drug-likeness (QED) is 0.249. The van der Waals surface area contributed by atoms with Crippen molar-refractivity contribution in [2.24, 2.45) is 17.8 Å². The SMILES string of the molecule is CCCCCC(C(C)COOC(C)(C)C)C(C)COOC(C)(C)C. The van der Waals surface area contributed by atoms with Gasteiger partial charge in [-0.05, 0) is 65.7 Å². The Morgan fingerprint density at radius 3 is 1.46 bits per heavy atom. The average molecular weight is 347 g/mol. The summed E-state index contributed by atoms with van der Waals surface area (Å²) in [6.45, 7) is 19.9. The van der Waals surface area contributed by atoms with Crippen LogP contribution in [0.5, 0.6) is 0 Å². The smallest absolute Gasteiger partial charge is 0.0952 e. The van der Waals surface area contributed by atoms with Crippen molar-refractivity contribution in [3.05, 3.63) is 0 Å². The minimum atomic E-state index is -0.271. The number of rotatable bonds is 12. The molecule has 4 nitrogen and oxygen atoms in total. The fraction of sp³-hybridized carbons (Fsp3) is 1.00. The number of hydrogen-bond donors (Lipinski definition) is 0. The molecule has 0 aromatic carbocycles. The molecule has 0 rings (SSSR count). The summed E-state index contributed by atoms with van der Waals surface area (Å²) >= 11 is 0. The third-order valence-electron chi connectivity index (χ3n) is 3.88. The van der Waals surface area contributed by atoms with Crippen LogP contribution in [0.2, 0.25) is 0 Å². The molecule has 0 saturated carbocycles. The summed E-state index contributed by atoms with van der Waals surface area (Å²) in [6, 6.07) is 0. The summed E-state index contributed by atoms with van der Waals surface area (Å²) in [5, 5.41) is 0. The minimum absolute atomic E-state index is 0.271. The maximum absolute atomic E-state index is 5.48. The summed E-state index contributed by atoms with van der Waals surface area (Å²) in [4.78, 5) is 21.8. The maximum Gasteiger partial charge on any atom is 0.0952 e. The van der Waals surface area contributed by atoms with Gasteiger partial charge < -0.3 is 0 Å². The molecule has 0 aliphatic rings. The van der Waals surface area contributed by atoms with Gasteiger partial charge >= 0.3 is 0 Å². The van der Waals surface area contributed by atoms with Crippen LogP contribution in [0.15, 0.2) is 0 Å². The van der Waals surface area contributed by atoms with E-state index in [4.69, 9.17) is 19.6 Å². The molecule has 0 fully saturated rings. The van der Waals surface area contributed by atoms with Gasteiger partial charge in [0.1, 0.15) is 0 Å². The molecule has 4 heteroatoms. The summed E-state index contributed by atoms with van der Waals surface area (Å²) in [5.41, 5.74) is -0.542. The third kappa shape index (κ3) is 13.2. The normalized spacial score (nSPS) is 16.9. The van der Waals surface area contributed by atoms with E-state index >= 15 is 0 Å². The second-order valence-electron chi connectivity index (χ2n) is 9.07. The van der Waals surface area contributed by atoms with Crippen molar-refractivity contribution in [3.63, 3.8) is 0 Å². The molecular weight excluding hydrogens is 304 g/mol. The van der Waals surface area contributed by atoms with Crippen LogP contribution in [-0.4, -0.2) is 24.4 Å². The van der Waals surface area contributed by atoms with Crippen LogP contribution in [0.1, 0.15) is 88.0 Å². The summed E-state index contributed by atoms with van der Waals surface area (Å²) < 4.78 is 0. The van der Waals surface area contributed by atoms with Gasteiger partial charge in [0.15, 0.2) is 0 Å². The monoisotopic (exact) mass is 346 g/mol. The van der Waals surface area contributed by atoms with E-state index in [-0.39, 0.29) is 11.2 Å². The average Bonchev–Trinajstić information content (AvgIpc) is 2.40.